The first-order valence-electron chi connectivity index (χ1n) is 4.19. The highest BCUT2D eigenvalue weighted by Crippen LogP contribution is 2.03. The summed E-state index contributed by atoms with van der Waals surface area (Å²) in [5.41, 5.74) is 0. The molecular formula is C8H15NO4. The molecule has 76 valence electrons. The number of nitrogens with one attached hydrogen (secondary N) is 1. The Morgan fingerprint density at radius 2 is 1.85 bits per heavy atom. The first-order chi connectivity index (χ1) is 6.00. The molecule has 0 spiro atoms. The topological polar surface area (TPSA) is 86.6 Å². The molecule has 0 aliphatic rings. The molecule has 0 heterocycles. The van der Waals surface area contributed by atoms with Gasteiger partial charge in [-0.3, -0.25) is 9.59 Å². The number of hydrogen-bond donors (Lipinski definition) is 3. The second kappa shape index (κ2) is 5.53. The Bertz CT molecular complexity index is 193. The van der Waals surface area contributed by atoms with Crippen molar-refractivity contribution in [3.8, 4) is 0 Å². The van der Waals surface area contributed by atoms with Gasteiger partial charge in [0.1, 0.15) is 6.04 Å². The highest BCUT2D eigenvalue weighted by Gasteiger charge is 2.28. The van der Waals surface area contributed by atoms with Crippen molar-refractivity contribution in [3.05, 3.63) is 0 Å². The van der Waals surface area contributed by atoms with E-state index in [4.69, 9.17) is 10.2 Å². The minimum atomic E-state index is -1.12. The second-order valence-corrected chi connectivity index (χ2v) is 2.90. The Hall–Kier alpha value is -1.10. The molecule has 3 N–H and O–H groups in total. The van der Waals surface area contributed by atoms with Crippen LogP contribution >= 0.6 is 0 Å². The van der Waals surface area contributed by atoms with E-state index in [9.17, 15) is 9.59 Å². The fourth-order valence-corrected chi connectivity index (χ4v) is 0.920. The summed E-state index contributed by atoms with van der Waals surface area (Å²) in [6.45, 7) is 3.77. The maximum Gasteiger partial charge on any atom is 0.321 e. The van der Waals surface area contributed by atoms with Crippen molar-refractivity contribution < 1.29 is 19.8 Å². The number of carboxylic acids is 2. The van der Waals surface area contributed by atoms with E-state index in [1.54, 1.807) is 0 Å². The monoisotopic (exact) mass is 189 g/mol. The molecule has 5 heteroatoms. The van der Waals surface area contributed by atoms with E-state index in [0.29, 0.717) is 6.54 Å². The van der Waals surface area contributed by atoms with Gasteiger partial charge in [0.2, 0.25) is 0 Å². The van der Waals surface area contributed by atoms with Crippen LogP contribution in [0, 0.1) is 5.92 Å². The molecule has 0 fully saturated rings. The Kier molecular flexibility index (Phi) is 5.06. The van der Waals surface area contributed by atoms with Crippen LogP contribution in [0.15, 0.2) is 0 Å². The fourth-order valence-electron chi connectivity index (χ4n) is 0.920. The summed E-state index contributed by atoms with van der Waals surface area (Å²) in [4.78, 5) is 21.1. The molecule has 0 amide bonds. The predicted molar refractivity (Wildman–Crippen MR) is 46.5 cm³/mol. The average Bonchev–Trinajstić information content (AvgIpc) is 2.04. The zero-order valence-corrected chi connectivity index (χ0v) is 7.78. The third-order valence-electron chi connectivity index (χ3n) is 1.77. The first-order valence-corrected chi connectivity index (χ1v) is 4.19. The van der Waals surface area contributed by atoms with Crippen LogP contribution in [-0.2, 0) is 9.59 Å². The maximum atomic E-state index is 10.6. The zero-order valence-electron chi connectivity index (χ0n) is 7.78. The second-order valence-electron chi connectivity index (χ2n) is 2.90. The minimum absolute atomic E-state index is 0.509. The Morgan fingerprint density at radius 1 is 1.31 bits per heavy atom. The van der Waals surface area contributed by atoms with E-state index < -0.39 is 23.9 Å². The molecule has 0 aromatic rings. The van der Waals surface area contributed by atoms with Crippen LogP contribution in [0.25, 0.3) is 0 Å². The van der Waals surface area contributed by atoms with Gasteiger partial charge in [0, 0.05) is 0 Å². The van der Waals surface area contributed by atoms with Crippen LogP contribution in [0.3, 0.4) is 0 Å². The summed E-state index contributed by atoms with van der Waals surface area (Å²) in [7, 11) is 0. The lowest BCUT2D eigenvalue weighted by molar-refractivity contribution is -0.150. The number of rotatable bonds is 6. The van der Waals surface area contributed by atoms with Crippen LogP contribution in [0.5, 0.6) is 0 Å². The van der Waals surface area contributed by atoms with Gasteiger partial charge in [-0.05, 0) is 19.9 Å². The lowest BCUT2D eigenvalue weighted by Gasteiger charge is -2.17. The molecule has 5 nitrogen and oxygen atoms in total. The highest BCUT2D eigenvalue weighted by atomic mass is 16.4. The molecule has 0 aromatic heterocycles. The Labute approximate surface area is 76.8 Å². The summed E-state index contributed by atoms with van der Waals surface area (Å²) in [5.74, 6) is -3.14. The van der Waals surface area contributed by atoms with Gasteiger partial charge in [-0.25, -0.2) is 0 Å². The number of carboxylic acid groups (broad SMARTS) is 2. The smallest absolute Gasteiger partial charge is 0.321 e. The summed E-state index contributed by atoms with van der Waals surface area (Å²) >= 11 is 0. The molecule has 0 rings (SSSR count). The zero-order chi connectivity index (χ0) is 10.4. The maximum absolute atomic E-state index is 10.6. The largest absolute Gasteiger partial charge is 0.481 e. The lowest BCUT2D eigenvalue weighted by atomic mass is 10.0. The van der Waals surface area contributed by atoms with Crippen molar-refractivity contribution in [1.82, 2.24) is 5.32 Å². The van der Waals surface area contributed by atoms with Crippen LogP contribution in [0.4, 0.5) is 0 Å². The molecule has 0 radical (unpaired) electrons. The van der Waals surface area contributed by atoms with Crippen LogP contribution in [-0.4, -0.2) is 34.7 Å². The van der Waals surface area contributed by atoms with Gasteiger partial charge in [-0.2, -0.15) is 0 Å². The van der Waals surface area contributed by atoms with Crippen molar-refractivity contribution in [2.45, 2.75) is 26.3 Å². The predicted octanol–water partition coefficient (Wildman–Crippen LogP) is 0.160. The van der Waals surface area contributed by atoms with Gasteiger partial charge in [-0.1, -0.05) is 6.92 Å². The third kappa shape index (κ3) is 3.89. The minimum Gasteiger partial charge on any atom is -0.481 e. The summed E-state index contributed by atoms with van der Waals surface area (Å²) in [6.07, 6.45) is 0.774. The SMILES string of the molecule is CCCNC(C(=O)O)C(C)C(=O)O. The van der Waals surface area contributed by atoms with Gasteiger partial charge < -0.3 is 15.5 Å². The normalized spacial score (nSPS) is 14.9. The van der Waals surface area contributed by atoms with Gasteiger partial charge in [0.25, 0.3) is 0 Å². The summed E-state index contributed by atoms with van der Waals surface area (Å²) in [6, 6.07) is -1.00. The van der Waals surface area contributed by atoms with Crippen molar-refractivity contribution in [1.29, 1.82) is 0 Å². The molecular weight excluding hydrogens is 174 g/mol. The standard InChI is InChI=1S/C8H15NO4/c1-3-4-9-6(8(12)13)5(2)7(10)11/h5-6,9H,3-4H2,1-2H3,(H,10,11)(H,12,13). The lowest BCUT2D eigenvalue weighted by Crippen LogP contribution is -2.45. The third-order valence-corrected chi connectivity index (χ3v) is 1.77. The molecule has 0 aliphatic heterocycles. The molecule has 0 saturated carbocycles. The molecule has 0 bridgehead atoms. The van der Waals surface area contributed by atoms with E-state index in [1.165, 1.54) is 6.92 Å². The van der Waals surface area contributed by atoms with Crippen molar-refractivity contribution in [3.63, 3.8) is 0 Å². The van der Waals surface area contributed by atoms with Crippen LogP contribution in [0.2, 0.25) is 0 Å². The van der Waals surface area contributed by atoms with Crippen LogP contribution in [0.1, 0.15) is 20.3 Å². The first kappa shape index (κ1) is 11.9. The van der Waals surface area contributed by atoms with Crippen molar-refractivity contribution in [2.24, 2.45) is 5.92 Å². The van der Waals surface area contributed by atoms with Gasteiger partial charge >= 0.3 is 11.9 Å². The van der Waals surface area contributed by atoms with E-state index in [-0.39, 0.29) is 0 Å². The Balaban J connectivity index is 4.24. The molecule has 0 aliphatic carbocycles. The van der Waals surface area contributed by atoms with Gasteiger partial charge in [-0.15, -0.1) is 0 Å². The van der Waals surface area contributed by atoms with E-state index in [2.05, 4.69) is 5.32 Å². The van der Waals surface area contributed by atoms with Crippen molar-refractivity contribution >= 4 is 11.9 Å². The number of aliphatic carboxylic acids is 2. The average molecular weight is 189 g/mol. The van der Waals surface area contributed by atoms with Crippen LogP contribution < -0.4 is 5.32 Å². The van der Waals surface area contributed by atoms with Crippen molar-refractivity contribution in [2.75, 3.05) is 6.54 Å². The summed E-state index contributed by atoms with van der Waals surface area (Å²) < 4.78 is 0. The molecule has 2 atom stereocenters. The van der Waals surface area contributed by atoms with Gasteiger partial charge in [0.05, 0.1) is 5.92 Å². The highest BCUT2D eigenvalue weighted by molar-refractivity contribution is 5.82. The Morgan fingerprint density at radius 3 is 2.15 bits per heavy atom. The summed E-state index contributed by atoms with van der Waals surface area (Å²) in [5, 5.41) is 20.0. The molecule has 0 saturated heterocycles. The van der Waals surface area contributed by atoms with E-state index in [0.717, 1.165) is 6.42 Å². The van der Waals surface area contributed by atoms with E-state index >= 15 is 0 Å². The fraction of sp³-hybridized carbons (Fsp3) is 0.750. The molecule has 0 aromatic carbocycles. The number of carbonyl (C=O) groups is 2. The van der Waals surface area contributed by atoms with Gasteiger partial charge in [0.15, 0.2) is 0 Å². The number of hydrogen-bond acceptors (Lipinski definition) is 3. The molecule has 2 unspecified atom stereocenters. The van der Waals surface area contributed by atoms with E-state index in [1.807, 2.05) is 6.92 Å². The quantitative estimate of drug-likeness (QED) is 0.554. The molecule has 13 heavy (non-hydrogen) atoms.